The van der Waals surface area contributed by atoms with E-state index in [2.05, 4.69) is 0 Å². The molecule has 4 nitrogen and oxygen atoms in total. The average Bonchev–Trinajstić information content (AvgIpc) is 2.91. The third-order valence-corrected chi connectivity index (χ3v) is 1.95. The van der Waals surface area contributed by atoms with Crippen LogP contribution in [0.25, 0.3) is 0 Å². The maximum Gasteiger partial charge on any atom is 0.278 e. The van der Waals surface area contributed by atoms with E-state index in [0.717, 1.165) is 6.07 Å². The van der Waals surface area contributed by atoms with Crippen molar-refractivity contribution in [2.75, 3.05) is 6.61 Å². The normalized spacial score (nSPS) is 19.4. The second kappa shape index (κ2) is 2.98. The van der Waals surface area contributed by atoms with Crippen molar-refractivity contribution in [3.8, 4) is 0 Å². The molecule has 1 unspecified atom stereocenters. The van der Waals surface area contributed by atoms with E-state index < -0.39 is 28.3 Å². The first-order valence-electron chi connectivity index (χ1n) is 3.84. The van der Waals surface area contributed by atoms with Gasteiger partial charge >= 0.3 is 0 Å². The molecule has 1 fully saturated rings. The molecule has 0 aromatic heterocycles. The van der Waals surface area contributed by atoms with Crippen LogP contribution in [0.3, 0.4) is 0 Å². The minimum absolute atomic E-state index is 0.0916. The number of benzene rings is 1. The monoisotopic (exact) mass is 201 g/mol. The highest BCUT2D eigenvalue weighted by Crippen LogP contribution is 2.37. The van der Waals surface area contributed by atoms with E-state index in [-0.39, 0.29) is 5.56 Å². The van der Waals surface area contributed by atoms with Crippen molar-refractivity contribution in [1.82, 2.24) is 0 Å². The van der Waals surface area contributed by atoms with E-state index in [9.17, 15) is 18.9 Å². The lowest BCUT2D eigenvalue weighted by Gasteiger charge is -1.99. The van der Waals surface area contributed by atoms with Gasteiger partial charge in [0, 0.05) is 0 Å². The van der Waals surface area contributed by atoms with Gasteiger partial charge in [-0.2, -0.15) is 0 Å². The predicted octanol–water partition coefficient (Wildman–Crippen LogP) is 1.94. The summed E-state index contributed by atoms with van der Waals surface area (Å²) in [6.45, 7) is 0.311. The van der Waals surface area contributed by atoms with Gasteiger partial charge in [-0.3, -0.25) is 10.1 Å². The molecule has 2 rings (SSSR count). The molecule has 0 N–H and O–H groups in total. The number of rotatable bonds is 2. The van der Waals surface area contributed by atoms with Crippen LogP contribution in [-0.2, 0) is 4.74 Å². The van der Waals surface area contributed by atoms with Gasteiger partial charge in [-0.15, -0.1) is 0 Å². The smallest absolute Gasteiger partial charge is 0.278 e. The zero-order valence-electron chi connectivity index (χ0n) is 6.87. The summed E-state index contributed by atoms with van der Waals surface area (Å²) in [5, 5.41) is 10.5. The molecule has 0 bridgehead atoms. The van der Waals surface area contributed by atoms with Gasteiger partial charge in [0.1, 0.15) is 6.10 Å². The van der Waals surface area contributed by atoms with E-state index in [1.54, 1.807) is 0 Å². The summed E-state index contributed by atoms with van der Waals surface area (Å²) in [6.07, 6.45) is -0.467. The highest BCUT2D eigenvalue weighted by atomic mass is 19.2. The zero-order valence-corrected chi connectivity index (χ0v) is 6.87. The highest BCUT2D eigenvalue weighted by Gasteiger charge is 2.33. The molecular weight excluding hydrogens is 196 g/mol. The summed E-state index contributed by atoms with van der Waals surface area (Å²) in [4.78, 5) is 9.73. The molecule has 1 aliphatic heterocycles. The van der Waals surface area contributed by atoms with Gasteiger partial charge < -0.3 is 4.74 Å². The molecule has 0 spiro atoms. The Morgan fingerprint density at radius 2 is 2.00 bits per heavy atom. The van der Waals surface area contributed by atoms with Crippen LogP contribution in [0.1, 0.15) is 11.7 Å². The number of hydrogen-bond donors (Lipinski definition) is 0. The minimum Gasteiger partial charge on any atom is -0.368 e. The molecule has 74 valence electrons. The molecule has 0 amide bonds. The Morgan fingerprint density at radius 1 is 1.43 bits per heavy atom. The fourth-order valence-electron chi connectivity index (χ4n) is 1.20. The molecule has 1 heterocycles. The summed E-state index contributed by atoms with van der Waals surface area (Å²) >= 11 is 0. The Kier molecular flexibility index (Phi) is 1.92. The summed E-state index contributed by atoms with van der Waals surface area (Å²) in [5.74, 6) is -2.32. The quantitative estimate of drug-likeness (QED) is 0.417. The fraction of sp³-hybridized carbons (Fsp3) is 0.250. The van der Waals surface area contributed by atoms with Crippen LogP contribution in [-0.4, -0.2) is 11.5 Å². The molecule has 1 saturated heterocycles. The van der Waals surface area contributed by atoms with Gasteiger partial charge in [0.05, 0.1) is 23.2 Å². The van der Waals surface area contributed by atoms with Gasteiger partial charge in [-0.1, -0.05) is 0 Å². The standard InChI is InChI=1S/C8H5F2NO3/c9-5-1-4(8-3-14-8)7(11(12)13)2-6(5)10/h1-2,8H,3H2. The molecule has 0 radical (unpaired) electrons. The van der Waals surface area contributed by atoms with E-state index in [1.165, 1.54) is 0 Å². The van der Waals surface area contributed by atoms with Gasteiger partial charge in [0.2, 0.25) is 0 Å². The Bertz CT molecular complexity index is 404. The van der Waals surface area contributed by atoms with Crippen LogP contribution in [0.5, 0.6) is 0 Å². The van der Waals surface area contributed by atoms with Crippen molar-refractivity contribution in [2.45, 2.75) is 6.10 Å². The first-order chi connectivity index (χ1) is 6.59. The van der Waals surface area contributed by atoms with Gasteiger partial charge in [-0.25, -0.2) is 8.78 Å². The van der Waals surface area contributed by atoms with Crippen LogP contribution >= 0.6 is 0 Å². The van der Waals surface area contributed by atoms with Gasteiger partial charge in [-0.05, 0) is 6.07 Å². The lowest BCUT2D eigenvalue weighted by atomic mass is 10.1. The lowest BCUT2D eigenvalue weighted by Crippen LogP contribution is -1.98. The summed E-state index contributed by atoms with van der Waals surface area (Å²) in [5.41, 5.74) is -0.347. The zero-order chi connectivity index (χ0) is 10.3. The molecule has 14 heavy (non-hydrogen) atoms. The van der Waals surface area contributed by atoms with Crippen LogP contribution in [0.4, 0.5) is 14.5 Å². The SMILES string of the molecule is O=[N+]([O-])c1cc(F)c(F)cc1C1CO1. The van der Waals surface area contributed by atoms with E-state index in [0.29, 0.717) is 12.7 Å². The third-order valence-electron chi connectivity index (χ3n) is 1.95. The van der Waals surface area contributed by atoms with Crippen LogP contribution in [0, 0.1) is 21.7 Å². The molecule has 1 aromatic rings. The van der Waals surface area contributed by atoms with E-state index >= 15 is 0 Å². The highest BCUT2D eigenvalue weighted by molar-refractivity contribution is 5.43. The van der Waals surface area contributed by atoms with Gasteiger partial charge in [0.25, 0.3) is 5.69 Å². The van der Waals surface area contributed by atoms with Crippen molar-refractivity contribution in [1.29, 1.82) is 0 Å². The molecular formula is C8H5F2NO3. The summed E-state index contributed by atoms with van der Waals surface area (Å²) < 4.78 is 30.2. The first-order valence-corrected chi connectivity index (χ1v) is 3.84. The number of nitro groups is 1. The van der Waals surface area contributed by atoms with Crippen molar-refractivity contribution in [2.24, 2.45) is 0 Å². The summed E-state index contributed by atoms with van der Waals surface area (Å²) in [6, 6.07) is 1.39. The maximum absolute atomic E-state index is 12.8. The Balaban J connectivity index is 2.54. The molecule has 6 heteroatoms. The predicted molar refractivity (Wildman–Crippen MR) is 41.7 cm³/mol. The van der Waals surface area contributed by atoms with E-state index in [1.807, 2.05) is 0 Å². The lowest BCUT2D eigenvalue weighted by molar-refractivity contribution is -0.385. The van der Waals surface area contributed by atoms with Crippen LogP contribution in [0.2, 0.25) is 0 Å². The number of ether oxygens (including phenoxy) is 1. The van der Waals surface area contributed by atoms with Crippen molar-refractivity contribution < 1.29 is 18.4 Å². The second-order valence-corrected chi connectivity index (χ2v) is 2.90. The maximum atomic E-state index is 12.8. The largest absolute Gasteiger partial charge is 0.368 e. The molecule has 1 aromatic carbocycles. The number of hydrogen-bond acceptors (Lipinski definition) is 3. The Hall–Kier alpha value is -1.56. The molecule has 1 aliphatic rings. The van der Waals surface area contributed by atoms with Crippen LogP contribution < -0.4 is 0 Å². The molecule has 0 saturated carbocycles. The van der Waals surface area contributed by atoms with E-state index in [4.69, 9.17) is 4.74 Å². The Morgan fingerprint density at radius 3 is 2.50 bits per heavy atom. The second-order valence-electron chi connectivity index (χ2n) is 2.90. The molecule has 0 aliphatic carbocycles. The first kappa shape index (κ1) is 9.01. The number of halogens is 2. The fourth-order valence-corrected chi connectivity index (χ4v) is 1.20. The molecule has 1 atom stereocenters. The number of nitro benzene ring substituents is 1. The van der Waals surface area contributed by atoms with Crippen molar-refractivity contribution in [3.05, 3.63) is 39.4 Å². The van der Waals surface area contributed by atoms with Gasteiger partial charge in [0.15, 0.2) is 11.6 Å². The van der Waals surface area contributed by atoms with Crippen molar-refractivity contribution >= 4 is 5.69 Å². The topological polar surface area (TPSA) is 55.7 Å². The number of nitrogens with zero attached hydrogens (tertiary/aromatic N) is 1. The summed E-state index contributed by atoms with van der Waals surface area (Å²) in [7, 11) is 0. The van der Waals surface area contributed by atoms with Crippen molar-refractivity contribution in [3.63, 3.8) is 0 Å². The van der Waals surface area contributed by atoms with Crippen LogP contribution in [0.15, 0.2) is 12.1 Å². The number of epoxide rings is 1. The minimum atomic E-state index is -1.22. The Labute approximate surface area is 77.3 Å². The average molecular weight is 201 g/mol. The third kappa shape index (κ3) is 1.44.